The van der Waals surface area contributed by atoms with Crippen molar-refractivity contribution in [3.63, 3.8) is 0 Å². The van der Waals surface area contributed by atoms with Gasteiger partial charge in [-0.25, -0.2) is 4.79 Å². The number of nitrogens with zero attached hydrogens (tertiary/aromatic N) is 1. The molecule has 2 aromatic rings. The van der Waals surface area contributed by atoms with E-state index < -0.39 is 23.6 Å². The summed E-state index contributed by atoms with van der Waals surface area (Å²) in [5.74, 6) is -0.563. The second-order valence-corrected chi connectivity index (χ2v) is 10.7. The molecular weight excluding hydrogens is 438 g/mol. The summed E-state index contributed by atoms with van der Waals surface area (Å²) in [7, 11) is 0. The van der Waals surface area contributed by atoms with Crippen LogP contribution in [0.3, 0.4) is 0 Å². The molecule has 2 aromatic carbocycles. The van der Waals surface area contributed by atoms with Gasteiger partial charge in [-0.3, -0.25) is 15.0 Å². The lowest BCUT2D eigenvalue weighted by atomic mass is 10.0. The zero-order valence-electron chi connectivity index (χ0n) is 19.1. The summed E-state index contributed by atoms with van der Waals surface area (Å²) in [5.41, 5.74) is 7.20. The SMILES string of the molecule is CC(C)(C)OC(=O)N([C@@H]1CNC2OC2[C@H](c2ccccc2)S1)[C@@H](Cc1ccccc1)C(N)=O. The van der Waals surface area contributed by atoms with Crippen LogP contribution < -0.4 is 11.1 Å². The van der Waals surface area contributed by atoms with Gasteiger partial charge in [-0.15, -0.1) is 11.8 Å². The van der Waals surface area contributed by atoms with Crippen LogP contribution in [-0.4, -0.2) is 52.8 Å². The fraction of sp³-hybridized carbons (Fsp3) is 0.440. The summed E-state index contributed by atoms with van der Waals surface area (Å²) in [6, 6.07) is 18.8. The number of fused-ring (bicyclic) bond motifs is 1. The standard InChI is InChI=1S/C25H31N3O4S/c1-25(2,3)32-24(30)28(18(22(26)29)14-16-10-6-4-7-11-16)19-15-27-23-20(31-23)21(33-19)17-12-8-5-9-13-17/h4-13,18-21,23,27H,14-15H2,1-3H3,(H2,26,29)/t18-,19-,20?,21-,23?/m0/s1. The van der Waals surface area contributed by atoms with Crippen LogP contribution in [0.5, 0.6) is 0 Å². The molecule has 33 heavy (non-hydrogen) atoms. The second kappa shape index (κ2) is 9.75. The van der Waals surface area contributed by atoms with Crippen LogP contribution in [0.2, 0.25) is 0 Å². The van der Waals surface area contributed by atoms with Crippen LogP contribution in [0.25, 0.3) is 0 Å². The highest BCUT2D eigenvalue weighted by Gasteiger charge is 2.51. The maximum absolute atomic E-state index is 13.5. The van der Waals surface area contributed by atoms with Gasteiger partial charge in [0.15, 0.2) is 0 Å². The third-order valence-electron chi connectivity index (χ3n) is 5.60. The number of epoxide rings is 1. The summed E-state index contributed by atoms with van der Waals surface area (Å²) in [6.45, 7) is 5.89. The average molecular weight is 470 g/mol. The molecule has 0 bridgehead atoms. The number of carbonyl (C=O) groups excluding carboxylic acids is 2. The van der Waals surface area contributed by atoms with E-state index in [1.807, 2.05) is 69.3 Å². The number of thioether (sulfide) groups is 1. The highest BCUT2D eigenvalue weighted by Crippen LogP contribution is 2.47. The van der Waals surface area contributed by atoms with Gasteiger partial charge < -0.3 is 15.2 Å². The summed E-state index contributed by atoms with van der Waals surface area (Å²) >= 11 is 1.60. The Morgan fingerprint density at radius 1 is 1.15 bits per heavy atom. The van der Waals surface area contributed by atoms with Crippen LogP contribution in [0.4, 0.5) is 4.79 Å². The normalized spacial score (nSPS) is 25.3. The molecule has 0 radical (unpaired) electrons. The van der Waals surface area contributed by atoms with Gasteiger partial charge >= 0.3 is 6.09 Å². The lowest BCUT2D eigenvalue weighted by molar-refractivity contribution is -0.123. The Hall–Kier alpha value is -2.55. The van der Waals surface area contributed by atoms with Crippen molar-refractivity contribution in [3.05, 3.63) is 71.8 Å². The van der Waals surface area contributed by atoms with E-state index in [1.54, 1.807) is 11.8 Å². The van der Waals surface area contributed by atoms with Gasteiger partial charge in [0.1, 0.15) is 24.0 Å². The van der Waals surface area contributed by atoms with E-state index in [0.29, 0.717) is 13.0 Å². The molecule has 2 aliphatic rings. The molecule has 0 aromatic heterocycles. The topological polar surface area (TPSA) is 97.2 Å². The second-order valence-electron chi connectivity index (χ2n) is 9.35. The third-order valence-corrected chi connectivity index (χ3v) is 7.14. The van der Waals surface area contributed by atoms with Crippen molar-refractivity contribution in [1.82, 2.24) is 10.2 Å². The van der Waals surface area contributed by atoms with Gasteiger partial charge in [0.05, 0.1) is 10.6 Å². The largest absolute Gasteiger partial charge is 0.444 e. The van der Waals surface area contributed by atoms with Gasteiger partial charge in [-0.1, -0.05) is 60.7 Å². The molecule has 3 N–H and O–H groups in total. The van der Waals surface area contributed by atoms with Gasteiger partial charge in [0, 0.05) is 13.0 Å². The lowest BCUT2D eigenvalue weighted by Crippen LogP contribution is -2.56. The van der Waals surface area contributed by atoms with Crippen molar-refractivity contribution in [3.8, 4) is 0 Å². The number of amides is 2. The Balaban J connectivity index is 1.67. The van der Waals surface area contributed by atoms with Gasteiger partial charge in [-0.05, 0) is 31.9 Å². The number of benzene rings is 2. The molecule has 4 rings (SSSR count). The molecule has 7 nitrogen and oxygen atoms in total. The van der Waals surface area contributed by atoms with Crippen molar-refractivity contribution in [2.24, 2.45) is 5.73 Å². The molecule has 176 valence electrons. The van der Waals surface area contributed by atoms with E-state index in [2.05, 4.69) is 17.4 Å². The summed E-state index contributed by atoms with van der Waals surface area (Å²) in [5, 5.41) is 3.01. The molecule has 0 saturated carbocycles. The minimum atomic E-state index is -0.853. The zero-order valence-corrected chi connectivity index (χ0v) is 20.0. The van der Waals surface area contributed by atoms with Crippen LogP contribution in [0.15, 0.2) is 60.7 Å². The number of rotatable bonds is 6. The first-order valence-electron chi connectivity index (χ1n) is 11.2. The van der Waals surface area contributed by atoms with Crippen molar-refractivity contribution >= 4 is 23.8 Å². The van der Waals surface area contributed by atoms with Gasteiger partial charge in [0.25, 0.3) is 0 Å². The Bertz CT molecular complexity index is 967. The minimum Gasteiger partial charge on any atom is -0.444 e. The maximum atomic E-state index is 13.5. The van der Waals surface area contributed by atoms with Crippen molar-refractivity contribution in [2.75, 3.05) is 6.54 Å². The van der Waals surface area contributed by atoms with Crippen LogP contribution >= 0.6 is 11.8 Å². The number of nitrogens with one attached hydrogen (secondary N) is 1. The number of hydrogen-bond acceptors (Lipinski definition) is 6. The predicted octanol–water partition coefficient (Wildman–Crippen LogP) is 3.45. The summed E-state index contributed by atoms with van der Waals surface area (Å²) in [4.78, 5) is 27.7. The minimum absolute atomic E-state index is 0.00374. The number of carbonyl (C=O) groups is 2. The fourth-order valence-corrected chi connectivity index (χ4v) is 5.61. The molecule has 2 unspecified atom stereocenters. The molecule has 2 amide bonds. The molecule has 2 fully saturated rings. The quantitative estimate of drug-likeness (QED) is 0.629. The zero-order chi connectivity index (χ0) is 23.6. The Morgan fingerprint density at radius 2 is 1.79 bits per heavy atom. The highest BCUT2D eigenvalue weighted by molar-refractivity contribution is 8.00. The third kappa shape index (κ3) is 5.88. The van der Waals surface area contributed by atoms with Crippen molar-refractivity contribution in [2.45, 2.75) is 61.8 Å². The number of primary amides is 1. The Kier molecular flexibility index (Phi) is 6.97. The smallest absolute Gasteiger partial charge is 0.411 e. The van der Waals surface area contributed by atoms with Crippen LogP contribution in [-0.2, 0) is 20.7 Å². The molecule has 5 atom stereocenters. The monoisotopic (exact) mass is 469 g/mol. The molecule has 0 spiro atoms. The fourth-order valence-electron chi connectivity index (χ4n) is 4.04. The lowest BCUT2D eigenvalue weighted by Gasteiger charge is -2.38. The van der Waals surface area contributed by atoms with E-state index in [9.17, 15) is 9.59 Å². The summed E-state index contributed by atoms with van der Waals surface area (Å²) in [6.07, 6.45) is -0.311. The van der Waals surface area contributed by atoms with Crippen LogP contribution in [0.1, 0.15) is 37.1 Å². The summed E-state index contributed by atoms with van der Waals surface area (Å²) < 4.78 is 11.6. The maximum Gasteiger partial charge on any atom is 0.411 e. The van der Waals surface area contributed by atoms with E-state index in [4.69, 9.17) is 15.2 Å². The van der Waals surface area contributed by atoms with E-state index in [1.165, 1.54) is 4.90 Å². The molecule has 2 saturated heterocycles. The van der Waals surface area contributed by atoms with Crippen LogP contribution in [0, 0.1) is 0 Å². The molecule has 0 aliphatic carbocycles. The number of nitrogens with two attached hydrogens (primary N) is 1. The van der Waals surface area contributed by atoms with E-state index in [-0.39, 0.29) is 23.0 Å². The molecule has 2 heterocycles. The highest BCUT2D eigenvalue weighted by atomic mass is 32.2. The Labute approximate surface area is 199 Å². The predicted molar refractivity (Wildman–Crippen MR) is 128 cm³/mol. The number of ether oxygens (including phenoxy) is 2. The first-order chi connectivity index (χ1) is 15.7. The van der Waals surface area contributed by atoms with Crippen molar-refractivity contribution in [1.29, 1.82) is 0 Å². The molecular formula is C25H31N3O4S. The van der Waals surface area contributed by atoms with E-state index >= 15 is 0 Å². The molecule has 8 heteroatoms. The van der Waals surface area contributed by atoms with E-state index in [0.717, 1.165) is 11.1 Å². The number of hydrogen-bond donors (Lipinski definition) is 2. The average Bonchev–Trinajstić information content (AvgIpc) is 3.55. The van der Waals surface area contributed by atoms with Gasteiger partial charge in [-0.2, -0.15) is 0 Å². The Morgan fingerprint density at radius 3 is 2.39 bits per heavy atom. The molecule has 2 aliphatic heterocycles. The van der Waals surface area contributed by atoms with Crippen molar-refractivity contribution < 1.29 is 19.1 Å². The first-order valence-corrected chi connectivity index (χ1v) is 12.1. The van der Waals surface area contributed by atoms with Gasteiger partial charge in [0.2, 0.25) is 5.91 Å². The first kappa shape index (κ1) is 23.6.